The average molecular weight is 751 g/mol. The Hall–Kier alpha value is -7.58. The zero-order valence-corrected chi connectivity index (χ0v) is 31.6. The molecule has 4 heterocycles. The van der Waals surface area contributed by atoms with Gasteiger partial charge in [-0.15, -0.1) is 0 Å². The van der Waals surface area contributed by atoms with Gasteiger partial charge in [-0.2, -0.15) is 10.2 Å². The first-order valence-electron chi connectivity index (χ1n) is 19.7. The fraction of sp³-hybridized carbons (Fsp3) is 0.0800. The Balaban J connectivity index is 0.861. The molecule has 2 aliphatic rings. The van der Waals surface area contributed by atoms with E-state index >= 15 is 0 Å². The van der Waals surface area contributed by atoms with Gasteiger partial charge in [-0.1, -0.05) is 133 Å². The van der Waals surface area contributed by atoms with Crippen molar-refractivity contribution in [3.63, 3.8) is 0 Å². The van der Waals surface area contributed by atoms with Crippen molar-refractivity contribution in [1.29, 1.82) is 0 Å². The fourth-order valence-corrected chi connectivity index (χ4v) is 8.29. The summed E-state index contributed by atoms with van der Waals surface area (Å²) < 4.78 is 0. The molecule has 8 heteroatoms. The smallest absolute Gasteiger partial charge is 0.138 e. The van der Waals surface area contributed by atoms with Crippen LogP contribution in [0.2, 0.25) is 0 Å². The number of hydrazone groups is 2. The zero-order chi connectivity index (χ0) is 38.4. The normalized spacial score (nSPS) is 16.6. The number of nitrogens with one attached hydrogen (secondary N) is 2. The number of anilines is 2. The molecule has 7 aromatic carbocycles. The molecule has 278 valence electrons. The van der Waals surface area contributed by atoms with E-state index in [2.05, 4.69) is 166 Å². The van der Waals surface area contributed by atoms with Crippen molar-refractivity contribution in [3.8, 4) is 22.8 Å². The molecule has 2 N–H and O–H groups in total. The Labute approximate surface area is 335 Å². The van der Waals surface area contributed by atoms with Crippen LogP contribution in [0.3, 0.4) is 0 Å². The summed E-state index contributed by atoms with van der Waals surface area (Å²) in [6, 6.07) is 63.6. The Morgan fingerprint density at radius 2 is 0.741 bits per heavy atom. The van der Waals surface area contributed by atoms with Crippen LogP contribution in [0.15, 0.2) is 192 Å². The minimum atomic E-state index is 0.0485. The van der Waals surface area contributed by atoms with Crippen molar-refractivity contribution in [2.24, 2.45) is 10.2 Å². The lowest BCUT2D eigenvalue weighted by atomic mass is 9.93. The van der Waals surface area contributed by atoms with Crippen molar-refractivity contribution in [1.82, 2.24) is 19.9 Å². The van der Waals surface area contributed by atoms with Crippen molar-refractivity contribution in [2.75, 3.05) is 10.0 Å². The maximum atomic E-state index is 5.25. The summed E-state index contributed by atoms with van der Waals surface area (Å²) >= 11 is 0. The molecule has 9 aromatic rings. The molecule has 2 atom stereocenters. The highest BCUT2D eigenvalue weighted by molar-refractivity contribution is 6.04. The predicted molar refractivity (Wildman–Crippen MR) is 235 cm³/mol. The first kappa shape index (κ1) is 33.7. The van der Waals surface area contributed by atoms with Crippen molar-refractivity contribution in [3.05, 3.63) is 204 Å². The second kappa shape index (κ2) is 14.2. The van der Waals surface area contributed by atoms with Crippen LogP contribution in [0, 0.1) is 0 Å². The van der Waals surface area contributed by atoms with Crippen LogP contribution in [-0.4, -0.2) is 31.4 Å². The summed E-state index contributed by atoms with van der Waals surface area (Å²) in [7, 11) is 0. The van der Waals surface area contributed by atoms with E-state index in [1.165, 1.54) is 11.1 Å². The van der Waals surface area contributed by atoms with Gasteiger partial charge >= 0.3 is 0 Å². The summed E-state index contributed by atoms with van der Waals surface area (Å²) in [5.74, 6) is 1.74. The van der Waals surface area contributed by atoms with Crippen molar-refractivity contribution >= 4 is 44.9 Å². The number of aromatic amines is 2. The molecule has 0 spiro atoms. The van der Waals surface area contributed by atoms with Crippen molar-refractivity contribution < 1.29 is 0 Å². The Morgan fingerprint density at radius 1 is 0.379 bits per heavy atom. The van der Waals surface area contributed by atoms with Crippen molar-refractivity contribution in [2.45, 2.75) is 24.9 Å². The number of imidazole rings is 2. The van der Waals surface area contributed by atoms with Gasteiger partial charge in [0.05, 0.1) is 56.9 Å². The molecule has 0 fully saturated rings. The van der Waals surface area contributed by atoms with Crippen LogP contribution in [0.5, 0.6) is 0 Å². The molecule has 8 nitrogen and oxygen atoms in total. The zero-order valence-electron chi connectivity index (χ0n) is 31.6. The predicted octanol–water partition coefficient (Wildman–Crippen LogP) is 11.5. The second-order valence-corrected chi connectivity index (χ2v) is 14.9. The molecule has 0 radical (unpaired) electrons. The van der Waals surface area contributed by atoms with Crippen LogP contribution in [0.4, 0.5) is 11.4 Å². The number of nitrogens with zero attached hydrogens (tertiary/aromatic N) is 6. The number of rotatable bonds is 8. The lowest BCUT2D eigenvalue weighted by Gasteiger charge is -2.26. The summed E-state index contributed by atoms with van der Waals surface area (Å²) in [5, 5.41) is 14.9. The first-order valence-corrected chi connectivity index (χ1v) is 19.7. The molecule has 11 rings (SSSR count). The molecule has 0 bridgehead atoms. The van der Waals surface area contributed by atoms with Gasteiger partial charge in [-0.3, -0.25) is 10.0 Å². The van der Waals surface area contributed by atoms with E-state index < -0.39 is 0 Å². The summed E-state index contributed by atoms with van der Waals surface area (Å²) in [6.07, 6.45) is 1.57. The first-order chi connectivity index (χ1) is 28.7. The van der Waals surface area contributed by atoms with Gasteiger partial charge in [-0.25, -0.2) is 9.97 Å². The largest absolute Gasteiger partial charge is 0.338 e. The van der Waals surface area contributed by atoms with Crippen LogP contribution in [0.1, 0.15) is 47.2 Å². The lowest BCUT2D eigenvalue weighted by Crippen LogP contribution is -2.20. The van der Waals surface area contributed by atoms with E-state index in [4.69, 9.17) is 20.2 Å². The van der Waals surface area contributed by atoms with E-state index in [0.717, 1.165) is 91.6 Å². The van der Waals surface area contributed by atoms with Crippen LogP contribution in [0.25, 0.3) is 44.8 Å². The molecule has 0 saturated carbocycles. The third-order valence-corrected chi connectivity index (χ3v) is 11.3. The average Bonchev–Trinajstić information content (AvgIpc) is 4.12. The topological polar surface area (TPSA) is 88.6 Å². The summed E-state index contributed by atoms with van der Waals surface area (Å²) in [6.45, 7) is 0. The van der Waals surface area contributed by atoms with E-state index in [-0.39, 0.29) is 12.1 Å². The molecule has 2 unspecified atom stereocenters. The number of hydrogen-bond acceptors (Lipinski definition) is 6. The molecule has 2 aliphatic heterocycles. The van der Waals surface area contributed by atoms with Gasteiger partial charge in [0, 0.05) is 24.0 Å². The fourth-order valence-electron chi connectivity index (χ4n) is 8.29. The van der Waals surface area contributed by atoms with Crippen LogP contribution < -0.4 is 10.0 Å². The van der Waals surface area contributed by atoms with E-state index in [1.807, 2.05) is 36.4 Å². The highest BCUT2D eigenvalue weighted by Gasteiger charge is 2.33. The van der Waals surface area contributed by atoms with Gasteiger partial charge in [-0.05, 0) is 70.8 Å². The molecule has 2 aromatic heterocycles. The molecular weight excluding hydrogens is 713 g/mol. The minimum absolute atomic E-state index is 0.0485. The summed E-state index contributed by atoms with van der Waals surface area (Å²) in [4.78, 5) is 16.5. The second-order valence-electron chi connectivity index (χ2n) is 14.9. The number of aromatic nitrogens is 4. The Morgan fingerprint density at radius 3 is 1.14 bits per heavy atom. The number of H-pyrrole nitrogens is 2. The third-order valence-electron chi connectivity index (χ3n) is 11.3. The van der Waals surface area contributed by atoms with E-state index in [0.29, 0.717) is 0 Å². The molecular formula is C50H38N8. The maximum absolute atomic E-state index is 5.25. The number of hydrogen-bond donors (Lipinski definition) is 2. The Bertz CT molecular complexity index is 2680. The number of benzene rings is 7. The van der Waals surface area contributed by atoms with Crippen LogP contribution >= 0.6 is 0 Å². The molecule has 0 amide bonds. The van der Waals surface area contributed by atoms with E-state index in [9.17, 15) is 0 Å². The third kappa shape index (κ3) is 6.21. The standard InChI is InChI=1S/C50H38N8/c1-3-11-39(12-4-1)57-47(31-45(55-57)33-19-27-37(28-20-33)49-51-41-15-7-8-16-42(41)52-49)35-23-25-36(26-24-35)48-32-46(56-58(48)40-13-5-2-6-14-40)34-21-29-38(30-22-34)50-53-43-17-9-10-18-44(43)54-50/h1-30,47-48H,31-32H2,(H,51,52)(H,53,54). The maximum Gasteiger partial charge on any atom is 0.138 e. The molecule has 58 heavy (non-hydrogen) atoms. The lowest BCUT2D eigenvalue weighted by molar-refractivity contribution is 0.696. The minimum Gasteiger partial charge on any atom is -0.338 e. The molecule has 0 saturated heterocycles. The van der Waals surface area contributed by atoms with Gasteiger partial charge in [0.1, 0.15) is 11.6 Å². The van der Waals surface area contributed by atoms with Crippen LogP contribution in [-0.2, 0) is 0 Å². The quantitative estimate of drug-likeness (QED) is 0.162. The van der Waals surface area contributed by atoms with E-state index in [1.54, 1.807) is 0 Å². The Kier molecular flexibility index (Phi) is 8.24. The van der Waals surface area contributed by atoms with Gasteiger partial charge in [0.15, 0.2) is 0 Å². The SMILES string of the molecule is c1ccc(N2N=C(c3ccc(-c4nc5ccccc5[nH]4)cc3)CC2c2ccc(C3CC(c4ccc(-c5nc6ccccc6[nH]5)cc4)=NN3c3ccccc3)cc2)cc1. The highest BCUT2D eigenvalue weighted by Crippen LogP contribution is 2.40. The highest BCUT2D eigenvalue weighted by atomic mass is 15.5. The number of para-hydroxylation sites is 6. The monoisotopic (exact) mass is 750 g/mol. The number of fused-ring (bicyclic) bond motifs is 2. The van der Waals surface area contributed by atoms with Gasteiger partial charge < -0.3 is 9.97 Å². The van der Waals surface area contributed by atoms with Gasteiger partial charge in [0.2, 0.25) is 0 Å². The van der Waals surface area contributed by atoms with Gasteiger partial charge in [0.25, 0.3) is 0 Å². The molecule has 0 aliphatic carbocycles. The summed E-state index contributed by atoms with van der Waals surface area (Å²) in [5.41, 5.74) is 15.0.